The molecule has 2 heterocycles. The van der Waals surface area contributed by atoms with Crippen LogP contribution < -0.4 is 10.1 Å². The maximum absolute atomic E-state index is 13.3. The predicted molar refractivity (Wildman–Crippen MR) is 136 cm³/mol. The minimum Gasteiger partial charge on any atom is -0.504 e. The fraction of sp³-hybridized carbons (Fsp3) is 0.407. The van der Waals surface area contributed by atoms with Crippen LogP contribution in [0, 0.1) is 11.3 Å². The molecule has 34 heavy (non-hydrogen) atoms. The van der Waals surface area contributed by atoms with E-state index in [0.717, 1.165) is 30.4 Å². The van der Waals surface area contributed by atoms with Gasteiger partial charge in [0.25, 0.3) is 5.91 Å². The Kier molecular flexibility index (Phi) is 7.12. The number of furan rings is 1. The summed E-state index contributed by atoms with van der Waals surface area (Å²) in [6.07, 6.45) is 6.23. The minimum atomic E-state index is -0.129. The van der Waals surface area contributed by atoms with Crippen LogP contribution in [0.2, 0.25) is 0 Å². The van der Waals surface area contributed by atoms with Crippen LogP contribution in [0.3, 0.4) is 0 Å². The molecular weight excluding hydrogens is 448 g/mol. The lowest BCUT2D eigenvalue weighted by Crippen LogP contribution is -2.28. The second kappa shape index (κ2) is 10.1. The molecule has 180 valence electrons. The molecule has 0 spiro atoms. The maximum atomic E-state index is 13.3. The average molecular weight is 481 g/mol. The molecule has 7 heteroatoms. The van der Waals surface area contributed by atoms with Gasteiger partial charge in [-0.1, -0.05) is 20.8 Å². The quantitative estimate of drug-likeness (QED) is 0.390. The number of aromatic hydroxyl groups is 1. The summed E-state index contributed by atoms with van der Waals surface area (Å²) in [6, 6.07) is 8.78. The average Bonchev–Trinajstić information content (AvgIpc) is 3.44. The van der Waals surface area contributed by atoms with Crippen molar-refractivity contribution in [2.75, 3.05) is 6.61 Å². The van der Waals surface area contributed by atoms with Gasteiger partial charge in [0.1, 0.15) is 10.8 Å². The van der Waals surface area contributed by atoms with Crippen molar-refractivity contribution in [1.82, 2.24) is 5.32 Å². The molecule has 0 saturated heterocycles. The molecule has 0 saturated carbocycles. The van der Waals surface area contributed by atoms with Crippen molar-refractivity contribution in [1.29, 1.82) is 0 Å². The van der Waals surface area contributed by atoms with E-state index in [1.807, 2.05) is 19.1 Å². The third kappa shape index (κ3) is 5.36. The van der Waals surface area contributed by atoms with Gasteiger partial charge in [-0.05, 0) is 79.0 Å². The number of thiophene rings is 1. The number of nitrogens with one attached hydrogen (secondary N) is 1. The fourth-order valence-electron chi connectivity index (χ4n) is 4.32. The van der Waals surface area contributed by atoms with Crippen molar-refractivity contribution in [3.63, 3.8) is 0 Å². The summed E-state index contributed by atoms with van der Waals surface area (Å²) in [5.41, 5.74) is 2.80. The molecule has 1 aliphatic rings. The lowest BCUT2D eigenvalue weighted by atomic mass is 9.72. The number of hydrogen-bond donors (Lipinski definition) is 2. The van der Waals surface area contributed by atoms with Gasteiger partial charge in [-0.3, -0.25) is 4.79 Å². The van der Waals surface area contributed by atoms with Crippen LogP contribution in [-0.2, 0) is 19.4 Å². The van der Waals surface area contributed by atoms with Gasteiger partial charge in [0.15, 0.2) is 11.5 Å². The summed E-state index contributed by atoms with van der Waals surface area (Å²) in [7, 11) is 0. The van der Waals surface area contributed by atoms with Gasteiger partial charge < -0.3 is 19.6 Å². The van der Waals surface area contributed by atoms with E-state index in [0.29, 0.717) is 41.1 Å². The zero-order valence-electron chi connectivity index (χ0n) is 20.2. The van der Waals surface area contributed by atoms with Crippen molar-refractivity contribution in [3.8, 4) is 11.5 Å². The third-order valence-corrected chi connectivity index (χ3v) is 7.48. The first-order valence-corrected chi connectivity index (χ1v) is 12.5. The van der Waals surface area contributed by atoms with Gasteiger partial charge in [-0.15, -0.1) is 11.3 Å². The largest absolute Gasteiger partial charge is 0.504 e. The lowest BCUT2D eigenvalue weighted by Gasteiger charge is -2.33. The van der Waals surface area contributed by atoms with Crippen LogP contribution in [0.4, 0.5) is 5.00 Å². The summed E-state index contributed by atoms with van der Waals surface area (Å²) in [5, 5.41) is 13.7. The van der Waals surface area contributed by atoms with E-state index in [9.17, 15) is 9.90 Å². The Labute approximate surface area is 204 Å². The lowest BCUT2D eigenvalue weighted by molar-refractivity contribution is 0.0947. The van der Waals surface area contributed by atoms with Crippen molar-refractivity contribution >= 4 is 28.5 Å². The van der Waals surface area contributed by atoms with E-state index < -0.39 is 0 Å². The van der Waals surface area contributed by atoms with E-state index in [2.05, 4.69) is 26.1 Å². The summed E-state index contributed by atoms with van der Waals surface area (Å²) >= 11 is 1.61. The Bertz CT molecular complexity index is 1170. The number of benzene rings is 1. The molecule has 1 aliphatic carbocycles. The summed E-state index contributed by atoms with van der Waals surface area (Å²) in [4.78, 5) is 19.3. The second-order valence-electron chi connectivity index (χ2n) is 9.67. The molecule has 2 aromatic heterocycles. The van der Waals surface area contributed by atoms with E-state index >= 15 is 0 Å². The first-order chi connectivity index (χ1) is 16.3. The van der Waals surface area contributed by atoms with Crippen molar-refractivity contribution in [2.24, 2.45) is 16.3 Å². The van der Waals surface area contributed by atoms with Crippen molar-refractivity contribution in [3.05, 3.63) is 63.9 Å². The molecule has 0 aliphatic heterocycles. The van der Waals surface area contributed by atoms with Crippen LogP contribution in [-0.4, -0.2) is 23.8 Å². The molecule has 0 unspecified atom stereocenters. The maximum Gasteiger partial charge on any atom is 0.255 e. The molecule has 4 rings (SSSR count). The van der Waals surface area contributed by atoms with Gasteiger partial charge in [-0.25, -0.2) is 4.99 Å². The molecule has 1 aromatic carbocycles. The molecule has 0 fully saturated rings. The van der Waals surface area contributed by atoms with Gasteiger partial charge >= 0.3 is 0 Å². The summed E-state index contributed by atoms with van der Waals surface area (Å²) in [5.74, 6) is 1.66. The van der Waals surface area contributed by atoms with Crippen LogP contribution in [0.1, 0.15) is 66.2 Å². The molecule has 1 atom stereocenters. The molecular formula is C27H32N2O4S. The second-order valence-corrected chi connectivity index (χ2v) is 10.8. The number of hydrogen-bond acceptors (Lipinski definition) is 6. The normalized spacial score (nSPS) is 15.9. The molecule has 1 amide bonds. The van der Waals surface area contributed by atoms with Gasteiger partial charge in [0, 0.05) is 11.1 Å². The van der Waals surface area contributed by atoms with Gasteiger partial charge in [0.05, 0.1) is 25.0 Å². The highest BCUT2D eigenvalue weighted by Crippen LogP contribution is 2.45. The Morgan fingerprint density at radius 2 is 2.18 bits per heavy atom. The molecule has 0 radical (unpaired) electrons. The highest BCUT2D eigenvalue weighted by atomic mass is 32.1. The van der Waals surface area contributed by atoms with Gasteiger partial charge in [-0.2, -0.15) is 0 Å². The van der Waals surface area contributed by atoms with E-state index in [1.165, 1.54) is 4.88 Å². The number of aliphatic imine (C=N–C) groups is 1. The van der Waals surface area contributed by atoms with Crippen LogP contribution in [0.5, 0.6) is 11.5 Å². The fourth-order valence-corrected chi connectivity index (χ4v) is 5.59. The number of carbonyl (C=O) groups excluding carboxylic acids is 1. The highest BCUT2D eigenvalue weighted by Gasteiger charge is 2.33. The number of carbonyl (C=O) groups is 1. The minimum absolute atomic E-state index is 0.0943. The summed E-state index contributed by atoms with van der Waals surface area (Å²) < 4.78 is 10.9. The Morgan fingerprint density at radius 1 is 1.35 bits per heavy atom. The standard InChI is InChI=1S/C27H32N2O4S/c1-5-32-22-13-17(8-11-21(22)30)15-29-26-24(25(31)28-16-19-7-6-12-33-19)20-10-9-18(27(2,3)4)14-23(20)34-26/h6-8,11-13,15,18,30H,5,9-10,14,16H2,1-4H3,(H,28,31)/t18-/m1/s1. The van der Waals surface area contributed by atoms with Crippen LogP contribution in [0.15, 0.2) is 46.0 Å². The SMILES string of the molecule is CCOc1cc(C=Nc2sc3c(c2C(=O)NCc2ccco2)CC[C@@H](C(C)(C)C)C3)ccc1O. The molecule has 3 aromatic rings. The number of fused-ring (bicyclic) bond motifs is 1. The third-order valence-electron chi connectivity index (χ3n) is 6.32. The monoisotopic (exact) mass is 480 g/mol. The van der Waals surface area contributed by atoms with E-state index in [1.54, 1.807) is 42.0 Å². The first-order valence-electron chi connectivity index (χ1n) is 11.7. The van der Waals surface area contributed by atoms with Crippen LogP contribution >= 0.6 is 11.3 Å². The number of rotatable bonds is 7. The number of phenols is 1. The topological polar surface area (TPSA) is 84.1 Å². The first kappa shape index (κ1) is 24.1. The Morgan fingerprint density at radius 3 is 2.88 bits per heavy atom. The number of phenolic OH excluding ortho intramolecular Hbond substituents is 1. The number of nitrogens with zero attached hydrogens (tertiary/aromatic N) is 1. The zero-order valence-corrected chi connectivity index (χ0v) is 21.0. The Hall–Kier alpha value is -3.06. The van der Waals surface area contributed by atoms with E-state index in [4.69, 9.17) is 14.1 Å². The molecule has 0 bridgehead atoms. The zero-order chi connectivity index (χ0) is 24.3. The number of amides is 1. The van der Waals surface area contributed by atoms with Crippen molar-refractivity contribution in [2.45, 2.75) is 53.5 Å². The smallest absolute Gasteiger partial charge is 0.255 e. The number of ether oxygens (including phenoxy) is 1. The molecule has 2 N–H and O–H groups in total. The predicted octanol–water partition coefficient (Wildman–Crippen LogP) is 6.28. The highest BCUT2D eigenvalue weighted by molar-refractivity contribution is 7.16. The molecule has 6 nitrogen and oxygen atoms in total. The van der Waals surface area contributed by atoms with Crippen LogP contribution in [0.25, 0.3) is 0 Å². The summed E-state index contributed by atoms with van der Waals surface area (Å²) in [6.45, 7) is 9.52. The van der Waals surface area contributed by atoms with Crippen molar-refractivity contribution < 1.29 is 19.1 Å². The van der Waals surface area contributed by atoms with E-state index in [-0.39, 0.29) is 17.1 Å². The van der Waals surface area contributed by atoms with Gasteiger partial charge in [0.2, 0.25) is 0 Å². The Balaban J connectivity index is 1.65.